The average Bonchev–Trinajstić information content (AvgIpc) is 2.67. The molecule has 1 aliphatic rings. The number of hydrogen-bond acceptors (Lipinski definition) is 4. The smallest absolute Gasteiger partial charge is 0.430 e. The number of pyridine rings is 1. The number of fused-ring (bicyclic) bond motifs is 2. The van der Waals surface area contributed by atoms with Crippen LogP contribution in [0.25, 0.3) is 17.0 Å². The Hall–Kier alpha value is -3.26. The molecule has 0 saturated heterocycles. The van der Waals surface area contributed by atoms with Crippen LogP contribution < -0.4 is 9.47 Å². The third-order valence-electron chi connectivity index (χ3n) is 4.56. The minimum Gasteiger partial charge on any atom is -0.478 e. The number of para-hydroxylation sites is 1. The van der Waals surface area contributed by atoms with Gasteiger partial charge in [0.1, 0.15) is 5.75 Å². The predicted molar refractivity (Wildman–Crippen MR) is 104 cm³/mol. The molecule has 0 amide bonds. The molecule has 0 fully saturated rings. The fraction of sp³-hybridized carbons (Fsp3) is 0.143. The van der Waals surface area contributed by atoms with Gasteiger partial charge in [-0.2, -0.15) is 13.2 Å². The molecule has 2 heterocycles. The molecular weight excluding hydrogens is 423 g/mol. The Morgan fingerprint density at radius 3 is 2.67 bits per heavy atom. The van der Waals surface area contributed by atoms with Crippen LogP contribution in [0.15, 0.2) is 48.0 Å². The fourth-order valence-electron chi connectivity index (χ4n) is 3.18. The molecule has 9 heteroatoms. The summed E-state index contributed by atoms with van der Waals surface area (Å²) in [6.07, 6.45) is -6.61. The molecule has 5 nitrogen and oxygen atoms in total. The van der Waals surface area contributed by atoms with Crippen molar-refractivity contribution in [3.63, 3.8) is 0 Å². The molecule has 1 atom stereocenters. The van der Waals surface area contributed by atoms with E-state index in [0.29, 0.717) is 5.52 Å². The Morgan fingerprint density at radius 1 is 1.23 bits per heavy atom. The summed E-state index contributed by atoms with van der Waals surface area (Å²) in [5.41, 5.74) is 0.760. The largest absolute Gasteiger partial charge is 0.478 e. The molecule has 1 aromatic heterocycles. The van der Waals surface area contributed by atoms with E-state index in [1.807, 2.05) is 25.1 Å². The number of rotatable bonds is 3. The standard InChI is InChI=1S/C21H13ClF3NO4/c1-10-6-18(26-15-5-3-2-4-12(10)15)29-17-9-16-11(8-14(17)22)7-13(20(27)28)19(30-16)21(23,24)25/h2-9,19H,1H3,(H,27,28). The zero-order valence-electron chi connectivity index (χ0n) is 15.3. The Balaban J connectivity index is 1.74. The summed E-state index contributed by atoms with van der Waals surface area (Å²) in [5.74, 6) is -1.68. The number of ether oxygens (including phenoxy) is 2. The normalized spacial score (nSPS) is 15.9. The van der Waals surface area contributed by atoms with Crippen LogP contribution in [0.5, 0.6) is 17.4 Å². The Kier molecular flexibility index (Phi) is 4.82. The lowest BCUT2D eigenvalue weighted by Gasteiger charge is -2.27. The minimum absolute atomic E-state index is 0.0331. The van der Waals surface area contributed by atoms with Gasteiger partial charge in [0.2, 0.25) is 12.0 Å². The third kappa shape index (κ3) is 3.66. The van der Waals surface area contributed by atoms with Crippen molar-refractivity contribution < 1.29 is 32.5 Å². The van der Waals surface area contributed by atoms with Crippen LogP contribution in [0.3, 0.4) is 0 Å². The van der Waals surface area contributed by atoms with Crippen LogP contribution in [0.1, 0.15) is 11.1 Å². The van der Waals surface area contributed by atoms with E-state index in [1.165, 1.54) is 12.1 Å². The van der Waals surface area contributed by atoms with E-state index in [0.717, 1.165) is 17.0 Å². The van der Waals surface area contributed by atoms with Gasteiger partial charge < -0.3 is 14.6 Å². The Bertz CT molecular complexity index is 1210. The summed E-state index contributed by atoms with van der Waals surface area (Å²) >= 11 is 6.22. The van der Waals surface area contributed by atoms with E-state index in [4.69, 9.17) is 26.2 Å². The minimum atomic E-state index is -4.90. The first kappa shape index (κ1) is 20.0. The van der Waals surface area contributed by atoms with Gasteiger partial charge in [-0.15, -0.1) is 0 Å². The summed E-state index contributed by atoms with van der Waals surface area (Å²) in [6.45, 7) is 1.88. The second kappa shape index (κ2) is 7.21. The van der Waals surface area contributed by atoms with Crippen LogP contribution in [0, 0.1) is 6.92 Å². The van der Waals surface area contributed by atoms with Crippen LogP contribution >= 0.6 is 11.6 Å². The van der Waals surface area contributed by atoms with E-state index in [1.54, 1.807) is 12.1 Å². The SMILES string of the molecule is Cc1cc(Oc2cc3c(cc2Cl)C=C(C(=O)O)C(C(F)(F)F)O3)nc2ccccc12. The number of aryl methyl sites for hydroxylation is 1. The quantitative estimate of drug-likeness (QED) is 0.564. The first-order valence-electron chi connectivity index (χ1n) is 8.69. The maximum absolute atomic E-state index is 13.3. The number of carbonyl (C=O) groups is 1. The van der Waals surface area contributed by atoms with Gasteiger partial charge in [0.05, 0.1) is 16.1 Å². The van der Waals surface area contributed by atoms with Gasteiger partial charge in [-0.25, -0.2) is 9.78 Å². The predicted octanol–water partition coefficient (Wildman–Crippen LogP) is 5.78. The van der Waals surface area contributed by atoms with Gasteiger partial charge in [0, 0.05) is 23.1 Å². The zero-order valence-corrected chi connectivity index (χ0v) is 16.1. The van der Waals surface area contributed by atoms with Gasteiger partial charge in [-0.05, 0) is 30.7 Å². The highest BCUT2D eigenvalue weighted by atomic mass is 35.5. The van der Waals surface area contributed by atoms with Crippen molar-refractivity contribution in [2.24, 2.45) is 0 Å². The molecule has 1 aliphatic heterocycles. The van der Waals surface area contributed by atoms with Gasteiger partial charge in [-0.3, -0.25) is 0 Å². The molecule has 30 heavy (non-hydrogen) atoms. The maximum atomic E-state index is 13.3. The molecule has 154 valence electrons. The number of aromatic nitrogens is 1. The van der Waals surface area contributed by atoms with Crippen molar-refractivity contribution in [1.82, 2.24) is 4.98 Å². The molecule has 3 aromatic rings. The molecule has 0 radical (unpaired) electrons. The average molecular weight is 436 g/mol. The highest BCUT2D eigenvalue weighted by Gasteiger charge is 2.48. The second-order valence-electron chi connectivity index (χ2n) is 6.66. The second-order valence-corrected chi connectivity index (χ2v) is 7.07. The van der Waals surface area contributed by atoms with Crippen molar-refractivity contribution in [3.8, 4) is 17.4 Å². The number of hydrogen-bond donors (Lipinski definition) is 1. The van der Waals surface area contributed by atoms with Crippen molar-refractivity contribution >= 4 is 34.5 Å². The molecule has 1 N–H and O–H groups in total. The number of nitrogens with zero attached hydrogens (tertiary/aromatic N) is 1. The third-order valence-corrected chi connectivity index (χ3v) is 4.86. The summed E-state index contributed by atoms with van der Waals surface area (Å²) in [6, 6.07) is 11.6. The van der Waals surface area contributed by atoms with Crippen molar-refractivity contribution in [2.45, 2.75) is 19.2 Å². The summed E-state index contributed by atoms with van der Waals surface area (Å²) in [5, 5.41) is 10.1. The molecular formula is C21H13ClF3NO4. The van der Waals surface area contributed by atoms with E-state index < -0.39 is 23.8 Å². The number of alkyl halides is 3. The van der Waals surface area contributed by atoms with Crippen LogP contribution in [-0.4, -0.2) is 28.3 Å². The lowest BCUT2D eigenvalue weighted by Crippen LogP contribution is -2.40. The highest BCUT2D eigenvalue weighted by Crippen LogP contribution is 2.42. The monoisotopic (exact) mass is 435 g/mol. The first-order valence-corrected chi connectivity index (χ1v) is 9.07. The summed E-state index contributed by atoms with van der Waals surface area (Å²) in [7, 11) is 0. The Labute approximate surface area is 173 Å². The number of benzene rings is 2. The number of halogens is 4. The van der Waals surface area contributed by atoms with Gasteiger partial charge in [0.15, 0.2) is 5.75 Å². The zero-order chi connectivity index (χ0) is 21.6. The molecule has 0 saturated carbocycles. The molecule has 0 aliphatic carbocycles. The van der Waals surface area contributed by atoms with Crippen LogP contribution in [-0.2, 0) is 4.79 Å². The van der Waals surface area contributed by atoms with Gasteiger partial charge in [-0.1, -0.05) is 29.8 Å². The molecule has 0 spiro atoms. The van der Waals surface area contributed by atoms with Gasteiger partial charge >= 0.3 is 12.1 Å². The first-order chi connectivity index (χ1) is 14.1. The number of carboxylic acid groups (broad SMARTS) is 1. The van der Waals surface area contributed by atoms with Crippen LogP contribution in [0.2, 0.25) is 5.02 Å². The molecule has 2 aromatic carbocycles. The van der Waals surface area contributed by atoms with Crippen LogP contribution in [0.4, 0.5) is 13.2 Å². The van der Waals surface area contributed by atoms with Crippen molar-refractivity contribution in [1.29, 1.82) is 0 Å². The van der Waals surface area contributed by atoms with Crippen molar-refractivity contribution in [3.05, 3.63) is 64.2 Å². The van der Waals surface area contributed by atoms with E-state index >= 15 is 0 Å². The summed E-state index contributed by atoms with van der Waals surface area (Å²) < 4.78 is 50.5. The molecule has 4 rings (SSSR count). The highest BCUT2D eigenvalue weighted by molar-refractivity contribution is 6.32. The maximum Gasteiger partial charge on any atom is 0.430 e. The Morgan fingerprint density at radius 2 is 1.97 bits per heavy atom. The topological polar surface area (TPSA) is 68.7 Å². The van der Waals surface area contributed by atoms with Crippen molar-refractivity contribution in [2.75, 3.05) is 0 Å². The van der Waals surface area contributed by atoms with E-state index in [-0.39, 0.29) is 28.0 Å². The lowest BCUT2D eigenvalue weighted by molar-refractivity contribution is -0.187. The van der Waals surface area contributed by atoms with E-state index in [9.17, 15) is 18.0 Å². The lowest BCUT2D eigenvalue weighted by atomic mass is 10.0. The summed E-state index contributed by atoms with van der Waals surface area (Å²) in [4.78, 5) is 15.6. The van der Waals surface area contributed by atoms with Gasteiger partial charge in [0.25, 0.3) is 0 Å². The molecule has 0 bridgehead atoms. The number of carboxylic acids is 1. The van der Waals surface area contributed by atoms with E-state index in [2.05, 4.69) is 4.98 Å². The number of aliphatic carboxylic acids is 1. The molecule has 1 unspecified atom stereocenters. The fourth-order valence-corrected chi connectivity index (χ4v) is 3.39.